The standard InChI is InChI=1S/C25H21O2S2/c1-27-20-17-18-24(29(26)23-15-9-4-10-16-23)25(19-20)28(21-11-5-2-6-12-21)22-13-7-3-8-14-22/h2-19H,1H3/q+1. The fraction of sp³-hybridized carbons (Fsp3) is 0.0400. The second kappa shape index (κ2) is 9.12. The Morgan fingerprint density at radius 3 is 1.72 bits per heavy atom. The van der Waals surface area contributed by atoms with Crippen LogP contribution in [0.2, 0.25) is 0 Å². The summed E-state index contributed by atoms with van der Waals surface area (Å²) < 4.78 is 19.0. The lowest BCUT2D eigenvalue weighted by Crippen LogP contribution is -2.09. The largest absolute Gasteiger partial charge is 0.497 e. The smallest absolute Gasteiger partial charge is 0.186 e. The maximum absolute atomic E-state index is 13.5. The van der Waals surface area contributed by atoms with E-state index in [4.69, 9.17) is 4.74 Å². The van der Waals surface area contributed by atoms with Crippen molar-refractivity contribution in [3.05, 3.63) is 109 Å². The van der Waals surface area contributed by atoms with Gasteiger partial charge in [0.25, 0.3) is 0 Å². The van der Waals surface area contributed by atoms with Gasteiger partial charge in [0.05, 0.1) is 22.8 Å². The van der Waals surface area contributed by atoms with Crippen LogP contribution in [-0.4, -0.2) is 11.3 Å². The zero-order valence-electron chi connectivity index (χ0n) is 16.0. The van der Waals surface area contributed by atoms with Gasteiger partial charge in [-0.3, -0.25) is 0 Å². The van der Waals surface area contributed by atoms with Crippen LogP contribution < -0.4 is 4.74 Å². The minimum atomic E-state index is -1.29. The van der Waals surface area contributed by atoms with Gasteiger partial charge < -0.3 is 4.74 Å². The molecular formula is C25H21O2S2+. The molecule has 0 saturated carbocycles. The van der Waals surface area contributed by atoms with Gasteiger partial charge in [-0.2, -0.15) is 0 Å². The van der Waals surface area contributed by atoms with Crippen LogP contribution in [-0.2, 0) is 21.7 Å². The molecule has 0 heterocycles. The average Bonchev–Trinajstić information content (AvgIpc) is 2.81. The Labute approximate surface area is 177 Å². The highest BCUT2D eigenvalue weighted by Crippen LogP contribution is 2.37. The van der Waals surface area contributed by atoms with Crippen LogP contribution >= 0.6 is 0 Å². The molecule has 0 amide bonds. The van der Waals surface area contributed by atoms with Crippen LogP contribution in [0.4, 0.5) is 0 Å². The summed E-state index contributed by atoms with van der Waals surface area (Å²) in [6, 6.07) is 36.2. The first-order chi connectivity index (χ1) is 14.3. The van der Waals surface area contributed by atoms with Crippen LogP contribution in [0.25, 0.3) is 0 Å². The summed E-state index contributed by atoms with van der Waals surface area (Å²) in [6.45, 7) is 0. The molecule has 0 aliphatic rings. The summed E-state index contributed by atoms with van der Waals surface area (Å²) in [5.41, 5.74) is 0. The molecule has 2 nitrogen and oxygen atoms in total. The number of methoxy groups -OCH3 is 1. The SMILES string of the molecule is COc1ccc(S(=O)c2ccccc2)c([S+](c2ccccc2)c2ccccc2)c1. The van der Waals surface area contributed by atoms with Crippen molar-refractivity contribution < 1.29 is 8.95 Å². The number of rotatable bonds is 6. The van der Waals surface area contributed by atoms with E-state index in [2.05, 4.69) is 24.3 Å². The molecule has 4 heteroatoms. The molecule has 1 atom stereocenters. The van der Waals surface area contributed by atoms with Crippen molar-refractivity contribution in [3.63, 3.8) is 0 Å². The van der Waals surface area contributed by atoms with E-state index in [9.17, 15) is 4.21 Å². The van der Waals surface area contributed by atoms with Crippen molar-refractivity contribution >= 4 is 21.7 Å². The highest BCUT2D eigenvalue weighted by Gasteiger charge is 2.33. The van der Waals surface area contributed by atoms with E-state index in [1.54, 1.807) is 7.11 Å². The third-order valence-electron chi connectivity index (χ3n) is 4.49. The normalized spacial score (nSPS) is 11.9. The molecule has 4 aromatic carbocycles. The van der Waals surface area contributed by atoms with Crippen LogP contribution in [0.5, 0.6) is 5.75 Å². The summed E-state index contributed by atoms with van der Waals surface area (Å²) in [5.74, 6) is 0.762. The molecule has 0 aromatic heterocycles. The molecule has 144 valence electrons. The van der Waals surface area contributed by atoms with Gasteiger partial charge in [0.15, 0.2) is 14.7 Å². The molecule has 4 rings (SSSR count). The number of benzene rings is 4. The third kappa shape index (κ3) is 4.29. The maximum Gasteiger partial charge on any atom is 0.186 e. The van der Waals surface area contributed by atoms with E-state index >= 15 is 0 Å². The highest BCUT2D eigenvalue weighted by molar-refractivity contribution is 7.97. The number of hydrogen-bond acceptors (Lipinski definition) is 2. The Morgan fingerprint density at radius 1 is 0.690 bits per heavy atom. The molecule has 0 aliphatic heterocycles. The van der Waals surface area contributed by atoms with Crippen LogP contribution in [0.15, 0.2) is 134 Å². The first kappa shape index (κ1) is 19.5. The van der Waals surface area contributed by atoms with Crippen molar-refractivity contribution in [1.29, 1.82) is 0 Å². The lowest BCUT2D eigenvalue weighted by molar-refractivity contribution is 0.413. The maximum atomic E-state index is 13.5. The van der Waals surface area contributed by atoms with Gasteiger partial charge in [-0.1, -0.05) is 54.6 Å². The van der Waals surface area contributed by atoms with Crippen LogP contribution in [0.3, 0.4) is 0 Å². The zero-order valence-corrected chi connectivity index (χ0v) is 17.7. The monoisotopic (exact) mass is 417 g/mol. The Kier molecular flexibility index (Phi) is 6.13. The van der Waals surface area contributed by atoms with Crippen molar-refractivity contribution in [2.75, 3.05) is 7.11 Å². The molecule has 0 spiro atoms. The Balaban J connectivity index is 1.93. The van der Waals surface area contributed by atoms with Crippen molar-refractivity contribution in [2.45, 2.75) is 24.5 Å². The average molecular weight is 418 g/mol. The van der Waals surface area contributed by atoms with Gasteiger partial charge in [0, 0.05) is 11.0 Å². The Hall–Kier alpha value is -2.82. The highest BCUT2D eigenvalue weighted by atomic mass is 32.2. The molecule has 0 N–H and O–H groups in total. The zero-order chi connectivity index (χ0) is 20.1. The lowest BCUT2D eigenvalue weighted by Gasteiger charge is -2.13. The Morgan fingerprint density at radius 2 is 1.21 bits per heavy atom. The van der Waals surface area contributed by atoms with E-state index in [0.29, 0.717) is 0 Å². The van der Waals surface area contributed by atoms with Crippen molar-refractivity contribution in [1.82, 2.24) is 0 Å². The van der Waals surface area contributed by atoms with E-state index in [1.807, 2.05) is 84.9 Å². The minimum absolute atomic E-state index is 0.405. The van der Waals surface area contributed by atoms with Gasteiger partial charge in [-0.15, -0.1) is 0 Å². The van der Waals surface area contributed by atoms with Gasteiger partial charge in [-0.05, 0) is 48.5 Å². The summed E-state index contributed by atoms with van der Waals surface area (Å²) >= 11 is 0. The molecule has 1 unspecified atom stereocenters. The molecule has 0 saturated heterocycles. The number of ether oxygens (including phenoxy) is 1. The fourth-order valence-electron chi connectivity index (χ4n) is 3.10. The molecule has 29 heavy (non-hydrogen) atoms. The van der Waals surface area contributed by atoms with E-state index < -0.39 is 21.7 Å². The summed E-state index contributed by atoms with van der Waals surface area (Å²) in [5, 5.41) is 0. The van der Waals surface area contributed by atoms with Crippen molar-refractivity contribution in [3.8, 4) is 5.75 Å². The summed E-state index contributed by atoms with van der Waals surface area (Å²) in [6.07, 6.45) is 0. The second-order valence-electron chi connectivity index (χ2n) is 6.33. The third-order valence-corrected chi connectivity index (χ3v) is 8.34. The number of hydrogen-bond donors (Lipinski definition) is 0. The molecule has 0 fully saturated rings. The molecule has 0 bridgehead atoms. The Bertz CT molecular complexity index is 1060. The minimum Gasteiger partial charge on any atom is -0.497 e. The quantitative estimate of drug-likeness (QED) is 0.362. The topological polar surface area (TPSA) is 26.3 Å². The lowest BCUT2D eigenvalue weighted by atomic mass is 10.3. The van der Waals surface area contributed by atoms with Crippen LogP contribution in [0, 0.1) is 0 Å². The van der Waals surface area contributed by atoms with E-state index in [0.717, 1.165) is 20.4 Å². The van der Waals surface area contributed by atoms with Crippen LogP contribution in [0.1, 0.15) is 0 Å². The summed E-state index contributed by atoms with van der Waals surface area (Å²) in [4.78, 5) is 4.98. The molecule has 4 aromatic rings. The molecule has 0 radical (unpaired) electrons. The fourth-order valence-corrected chi connectivity index (χ4v) is 6.81. The van der Waals surface area contributed by atoms with Gasteiger partial charge in [-0.25, -0.2) is 4.21 Å². The first-order valence-electron chi connectivity index (χ1n) is 9.27. The van der Waals surface area contributed by atoms with Gasteiger partial charge >= 0.3 is 0 Å². The van der Waals surface area contributed by atoms with E-state index in [1.165, 1.54) is 9.79 Å². The molecular weight excluding hydrogens is 396 g/mol. The molecule has 0 aliphatic carbocycles. The first-order valence-corrected chi connectivity index (χ1v) is 11.6. The van der Waals surface area contributed by atoms with Crippen molar-refractivity contribution in [2.24, 2.45) is 0 Å². The van der Waals surface area contributed by atoms with Gasteiger partial charge in [0.1, 0.15) is 16.6 Å². The predicted molar refractivity (Wildman–Crippen MR) is 119 cm³/mol. The predicted octanol–water partition coefficient (Wildman–Crippen LogP) is 5.96. The van der Waals surface area contributed by atoms with Gasteiger partial charge in [0.2, 0.25) is 0 Å². The summed E-state index contributed by atoms with van der Waals surface area (Å²) in [7, 11) is -0.0280. The van der Waals surface area contributed by atoms with E-state index in [-0.39, 0.29) is 0 Å². The second-order valence-corrected chi connectivity index (χ2v) is 9.77.